The van der Waals surface area contributed by atoms with Crippen molar-refractivity contribution >= 4 is 23.2 Å². The summed E-state index contributed by atoms with van der Waals surface area (Å²) in [5, 5.41) is 5.59. The van der Waals surface area contributed by atoms with Gasteiger partial charge in [0.2, 0.25) is 11.8 Å². The first-order valence-electron chi connectivity index (χ1n) is 6.23. The Morgan fingerprint density at radius 1 is 1.17 bits per heavy atom. The minimum Gasteiger partial charge on any atom is -0.326 e. The zero-order valence-electron chi connectivity index (χ0n) is 11.1. The molecule has 0 saturated carbocycles. The molecule has 0 fully saturated rings. The summed E-state index contributed by atoms with van der Waals surface area (Å²) in [6.45, 7) is 5.63. The number of benzene rings is 1. The molecule has 0 radical (unpaired) electrons. The van der Waals surface area contributed by atoms with E-state index in [1.807, 2.05) is 20.8 Å². The topological polar surface area (TPSA) is 58.2 Å². The van der Waals surface area contributed by atoms with Gasteiger partial charge in [0.25, 0.3) is 0 Å². The molecule has 1 rings (SSSR count). The van der Waals surface area contributed by atoms with Crippen LogP contribution in [-0.4, -0.2) is 11.8 Å². The smallest absolute Gasteiger partial charge is 0.226 e. The van der Waals surface area contributed by atoms with E-state index in [0.717, 1.165) is 6.42 Å². The molecule has 0 saturated heterocycles. The summed E-state index contributed by atoms with van der Waals surface area (Å²) < 4.78 is 0. The molecule has 0 spiro atoms. The number of hydrogen-bond acceptors (Lipinski definition) is 2. The van der Waals surface area contributed by atoms with Gasteiger partial charge in [-0.05, 0) is 24.6 Å². The van der Waals surface area contributed by atoms with Crippen LogP contribution in [0.4, 0.5) is 11.4 Å². The molecule has 0 unspecified atom stereocenters. The van der Waals surface area contributed by atoms with Crippen LogP contribution >= 0.6 is 0 Å². The molecule has 0 aliphatic rings. The van der Waals surface area contributed by atoms with Gasteiger partial charge in [-0.3, -0.25) is 9.59 Å². The summed E-state index contributed by atoms with van der Waals surface area (Å²) in [4.78, 5) is 23.0. The highest BCUT2D eigenvalue weighted by atomic mass is 16.2. The molecule has 0 aliphatic carbocycles. The second-order valence-electron chi connectivity index (χ2n) is 4.52. The van der Waals surface area contributed by atoms with Gasteiger partial charge in [0.05, 0.1) is 0 Å². The van der Waals surface area contributed by atoms with Gasteiger partial charge < -0.3 is 10.6 Å². The fourth-order valence-electron chi connectivity index (χ4n) is 1.41. The minimum atomic E-state index is -0.0664. The lowest BCUT2D eigenvalue weighted by Crippen LogP contribution is -2.18. The third-order valence-electron chi connectivity index (χ3n) is 2.42. The van der Waals surface area contributed by atoms with E-state index in [9.17, 15) is 9.59 Å². The van der Waals surface area contributed by atoms with Gasteiger partial charge in [-0.1, -0.05) is 26.8 Å². The van der Waals surface area contributed by atoms with Crippen LogP contribution in [0, 0.1) is 5.92 Å². The number of rotatable bonds is 5. The summed E-state index contributed by atoms with van der Waals surface area (Å²) in [6.07, 6.45) is 1.32. The quantitative estimate of drug-likeness (QED) is 0.841. The summed E-state index contributed by atoms with van der Waals surface area (Å²) in [6, 6.07) is 7.17. The Balaban J connectivity index is 2.67. The molecule has 18 heavy (non-hydrogen) atoms. The molecule has 4 nitrogen and oxygen atoms in total. The number of nitrogens with one attached hydrogen (secondary N) is 2. The number of carbonyl (C=O) groups is 2. The molecule has 0 aliphatic heterocycles. The second kappa shape index (κ2) is 6.79. The lowest BCUT2D eigenvalue weighted by molar-refractivity contribution is -0.119. The highest BCUT2D eigenvalue weighted by Crippen LogP contribution is 2.16. The van der Waals surface area contributed by atoms with Gasteiger partial charge in [0.1, 0.15) is 0 Å². The average Bonchev–Trinajstić information content (AvgIpc) is 2.29. The van der Waals surface area contributed by atoms with Gasteiger partial charge in [-0.2, -0.15) is 0 Å². The van der Waals surface area contributed by atoms with Crippen LogP contribution in [0.15, 0.2) is 24.3 Å². The predicted octanol–water partition coefficient (Wildman–Crippen LogP) is 3.02. The largest absolute Gasteiger partial charge is 0.326 e. The molecule has 0 atom stereocenters. The first kappa shape index (κ1) is 14.2. The summed E-state index contributed by atoms with van der Waals surface area (Å²) in [7, 11) is 0. The van der Waals surface area contributed by atoms with Gasteiger partial charge in [-0.15, -0.1) is 0 Å². The predicted molar refractivity (Wildman–Crippen MR) is 73.4 cm³/mol. The highest BCUT2D eigenvalue weighted by molar-refractivity contribution is 5.94. The molecule has 1 aromatic rings. The number of carbonyl (C=O) groups excluding carboxylic acids is 2. The first-order valence-corrected chi connectivity index (χ1v) is 6.23. The highest BCUT2D eigenvalue weighted by Gasteiger charge is 2.07. The zero-order chi connectivity index (χ0) is 13.5. The van der Waals surface area contributed by atoms with Crippen LogP contribution in [-0.2, 0) is 9.59 Å². The van der Waals surface area contributed by atoms with Crippen LogP contribution in [0.3, 0.4) is 0 Å². The Kier molecular flexibility index (Phi) is 5.36. The number of hydrogen-bond donors (Lipinski definition) is 2. The molecule has 0 aromatic heterocycles. The molecule has 0 heterocycles. The number of anilines is 2. The molecular weight excluding hydrogens is 228 g/mol. The van der Waals surface area contributed by atoms with Crippen LogP contribution in [0.25, 0.3) is 0 Å². The minimum absolute atomic E-state index is 0.00941. The van der Waals surface area contributed by atoms with E-state index in [2.05, 4.69) is 10.6 Å². The fraction of sp³-hybridized carbons (Fsp3) is 0.429. The van der Waals surface area contributed by atoms with E-state index in [1.54, 1.807) is 24.3 Å². The SMILES string of the molecule is CCCC(=O)Nc1cccc(NC(=O)C(C)C)c1. The van der Waals surface area contributed by atoms with Crippen molar-refractivity contribution in [1.29, 1.82) is 0 Å². The molecule has 2 amide bonds. The van der Waals surface area contributed by atoms with Crippen LogP contribution in [0.5, 0.6) is 0 Å². The van der Waals surface area contributed by atoms with Crippen molar-refractivity contribution in [2.24, 2.45) is 5.92 Å². The molecule has 4 heteroatoms. The van der Waals surface area contributed by atoms with Gasteiger partial charge in [0.15, 0.2) is 0 Å². The molecular formula is C14H20N2O2. The lowest BCUT2D eigenvalue weighted by atomic mass is 10.2. The van der Waals surface area contributed by atoms with E-state index in [1.165, 1.54) is 0 Å². The number of amides is 2. The second-order valence-corrected chi connectivity index (χ2v) is 4.52. The maximum atomic E-state index is 11.5. The summed E-state index contributed by atoms with van der Waals surface area (Å²) in [5.74, 6) is -0.111. The Labute approximate surface area is 108 Å². The summed E-state index contributed by atoms with van der Waals surface area (Å²) in [5.41, 5.74) is 1.40. The van der Waals surface area contributed by atoms with Gasteiger partial charge >= 0.3 is 0 Å². The van der Waals surface area contributed by atoms with Crippen LogP contribution < -0.4 is 10.6 Å². The van der Waals surface area contributed by atoms with Crippen molar-refractivity contribution in [2.45, 2.75) is 33.6 Å². The van der Waals surface area contributed by atoms with Crippen molar-refractivity contribution < 1.29 is 9.59 Å². The average molecular weight is 248 g/mol. The van der Waals surface area contributed by atoms with Crippen molar-refractivity contribution in [2.75, 3.05) is 10.6 Å². The van der Waals surface area contributed by atoms with E-state index < -0.39 is 0 Å². The molecule has 1 aromatic carbocycles. The van der Waals surface area contributed by atoms with Crippen molar-refractivity contribution in [3.63, 3.8) is 0 Å². The normalized spacial score (nSPS) is 10.2. The van der Waals surface area contributed by atoms with E-state index in [-0.39, 0.29) is 17.7 Å². The molecule has 2 N–H and O–H groups in total. The van der Waals surface area contributed by atoms with Gasteiger partial charge in [0, 0.05) is 23.7 Å². The zero-order valence-corrected chi connectivity index (χ0v) is 11.1. The van der Waals surface area contributed by atoms with E-state index >= 15 is 0 Å². The fourth-order valence-corrected chi connectivity index (χ4v) is 1.41. The lowest BCUT2D eigenvalue weighted by Gasteiger charge is -2.10. The maximum Gasteiger partial charge on any atom is 0.226 e. The van der Waals surface area contributed by atoms with E-state index in [0.29, 0.717) is 17.8 Å². The van der Waals surface area contributed by atoms with Crippen molar-refractivity contribution in [3.05, 3.63) is 24.3 Å². The van der Waals surface area contributed by atoms with Gasteiger partial charge in [-0.25, -0.2) is 0 Å². The standard InChI is InChI=1S/C14H20N2O2/c1-4-6-13(17)15-11-7-5-8-12(9-11)16-14(18)10(2)3/h5,7-10H,4,6H2,1-3H3,(H,15,17)(H,16,18). The first-order chi connectivity index (χ1) is 8.52. The van der Waals surface area contributed by atoms with Crippen LogP contribution in [0.2, 0.25) is 0 Å². The Hall–Kier alpha value is -1.84. The maximum absolute atomic E-state index is 11.5. The third kappa shape index (κ3) is 4.57. The van der Waals surface area contributed by atoms with E-state index in [4.69, 9.17) is 0 Å². The Morgan fingerprint density at radius 3 is 2.33 bits per heavy atom. The van der Waals surface area contributed by atoms with Crippen molar-refractivity contribution in [3.8, 4) is 0 Å². The Bertz CT molecular complexity index is 428. The summed E-state index contributed by atoms with van der Waals surface area (Å²) >= 11 is 0. The molecule has 98 valence electrons. The third-order valence-corrected chi connectivity index (χ3v) is 2.42. The van der Waals surface area contributed by atoms with Crippen LogP contribution in [0.1, 0.15) is 33.6 Å². The monoisotopic (exact) mass is 248 g/mol. The Morgan fingerprint density at radius 2 is 1.78 bits per heavy atom. The molecule has 0 bridgehead atoms. The van der Waals surface area contributed by atoms with Crippen molar-refractivity contribution in [1.82, 2.24) is 0 Å².